The largest absolute Gasteiger partial charge is 0.478 e. The molecule has 70 valence electrons. The highest BCUT2D eigenvalue weighted by Crippen LogP contribution is 1.85. The third-order valence-corrected chi connectivity index (χ3v) is 1.26. The van der Waals surface area contributed by atoms with Gasteiger partial charge in [-0.1, -0.05) is 0 Å². The number of carbonyl (C=O) groups is 1. The second-order valence-electron chi connectivity index (χ2n) is 2.33. The zero-order chi connectivity index (χ0) is 9.40. The standard InChI is InChI=1S/C8H15NO3/c1-3-12-7-6-9(2)5-4-8(10)11/h4-5H,3,6-7H2,1-2H3,(H,10,11)/b5-4+. The molecular formula is C8H15NO3. The van der Waals surface area contributed by atoms with Crippen molar-refractivity contribution in [1.82, 2.24) is 4.90 Å². The predicted octanol–water partition coefficient (Wildman–Crippen LogP) is 0.553. The normalized spacial score (nSPS) is 10.5. The van der Waals surface area contributed by atoms with Crippen LogP contribution in [0.2, 0.25) is 0 Å². The van der Waals surface area contributed by atoms with Crippen LogP contribution in [-0.4, -0.2) is 42.8 Å². The van der Waals surface area contributed by atoms with Crippen LogP contribution in [0.1, 0.15) is 6.92 Å². The van der Waals surface area contributed by atoms with Gasteiger partial charge in [0.05, 0.1) is 6.61 Å². The molecule has 0 saturated heterocycles. The van der Waals surface area contributed by atoms with E-state index in [2.05, 4.69) is 0 Å². The average molecular weight is 173 g/mol. The van der Waals surface area contributed by atoms with Crippen molar-refractivity contribution >= 4 is 5.97 Å². The molecule has 0 amide bonds. The lowest BCUT2D eigenvalue weighted by atomic mass is 10.5. The average Bonchev–Trinajstić information content (AvgIpc) is 2.01. The minimum absolute atomic E-state index is 0.622. The number of carboxylic acid groups (broad SMARTS) is 1. The van der Waals surface area contributed by atoms with Gasteiger partial charge in [-0.15, -0.1) is 0 Å². The van der Waals surface area contributed by atoms with Gasteiger partial charge in [0.25, 0.3) is 0 Å². The van der Waals surface area contributed by atoms with Gasteiger partial charge in [-0.3, -0.25) is 0 Å². The Hall–Kier alpha value is -1.03. The van der Waals surface area contributed by atoms with Crippen LogP contribution in [-0.2, 0) is 9.53 Å². The Labute approximate surface area is 72.4 Å². The van der Waals surface area contributed by atoms with Crippen LogP contribution in [0.4, 0.5) is 0 Å². The van der Waals surface area contributed by atoms with E-state index in [9.17, 15) is 4.79 Å². The molecule has 0 heterocycles. The quantitative estimate of drug-likeness (QED) is 0.471. The van der Waals surface area contributed by atoms with E-state index < -0.39 is 5.97 Å². The molecule has 0 aromatic heterocycles. The summed E-state index contributed by atoms with van der Waals surface area (Å²) in [6, 6.07) is 0. The van der Waals surface area contributed by atoms with E-state index in [0.717, 1.165) is 6.08 Å². The van der Waals surface area contributed by atoms with Gasteiger partial charge in [0, 0.05) is 32.5 Å². The van der Waals surface area contributed by atoms with E-state index in [1.807, 2.05) is 6.92 Å². The highest BCUT2D eigenvalue weighted by Gasteiger charge is 1.91. The molecule has 0 aliphatic rings. The van der Waals surface area contributed by atoms with Crippen molar-refractivity contribution in [2.24, 2.45) is 0 Å². The molecule has 0 aromatic rings. The van der Waals surface area contributed by atoms with Gasteiger partial charge in [-0.05, 0) is 6.92 Å². The van der Waals surface area contributed by atoms with Crippen molar-refractivity contribution in [2.75, 3.05) is 26.8 Å². The van der Waals surface area contributed by atoms with Gasteiger partial charge in [-0.2, -0.15) is 0 Å². The Balaban J connectivity index is 3.45. The van der Waals surface area contributed by atoms with Crippen molar-refractivity contribution in [3.8, 4) is 0 Å². The molecule has 0 aliphatic carbocycles. The lowest BCUT2D eigenvalue weighted by molar-refractivity contribution is -0.131. The molecular weight excluding hydrogens is 158 g/mol. The van der Waals surface area contributed by atoms with Crippen molar-refractivity contribution in [3.05, 3.63) is 12.3 Å². The summed E-state index contributed by atoms with van der Waals surface area (Å²) < 4.78 is 5.09. The molecule has 0 saturated carbocycles. The maximum atomic E-state index is 10.1. The fourth-order valence-electron chi connectivity index (χ4n) is 0.618. The highest BCUT2D eigenvalue weighted by atomic mass is 16.5. The summed E-state index contributed by atoms with van der Waals surface area (Å²) in [5.41, 5.74) is 0. The fourth-order valence-corrected chi connectivity index (χ4v) is 0.618. The summed E-state index contributed by atoms with van der Waals surface area (Å²) in [4.78, 5) is 11.9. The van der Waals surface area contributed by atoms with Crippen LogP contribution in [0.25, 0.3) is 0 Å². The summed E-state index contributed by atoms with van der Waals surface area (Å²) in [7, 11) is 1.80. The van der Waals surface area contributed by atoms with E-state index in [-0.39, 0.29) is 0 Å². The predicted molar refractivity (Wildman–Crippen MR) is 45.9 cm³/mol. The van der Waals surface area contributed by atoms with Crippen LogP contribution >= 0.6 is 0 Å². The molecule has 0 unspecified atom stereocenters. The summed E-state index contributed by atoms with van der Waals surface area (Å²) in [6.45, 7) is 3.94. The van der Waals surface area contributed by atoms with E-state index in [4.69, 9.17) is 9.84 Å². The lowest BCUT2D eigenvalue weighted by Crippen LogP contribution is -2.17. The maximum Gasteiger partial charge on any atom is 0.329 e. The molecule has 0 fully saturated rings. The van der Waals surface area contributed by atoms with Crippen molar-refractivity contribution in [1.29, 1.82) is 0 Å². The number of aliphatic carboxylic acids is 1. The summed E-state index contributed by atoms with van der Waals surface area (Å²) in [5, 5.41) is 8.29. The van der Waals surface area contributed by atoms with Crippen LogP contribution < -0.4 is 0 Å². The minimum atomic E-state index is -0.932. The molecule has 0 atom stereocenters. The van der Waals surface area contributed by atoms with Gasteiger partial charge in [-0.25, -0.2) is 4.79 Å². The first-order valence-corrected chi connectivity index (χ1v) is 3.86. The Morgan fingerprint density at radius 3 is 2.83 bits per heavy atom. The van der Waals surface area contributed by atoms with E-state index in [1.54, 1.807) is 11.9 Å². The summed E-state index contributed by atoms with van der Waals surface area (Å²) in [5.74, 6) is -0.932. The highest BCUT2D eigenvalue weighted by molar-refractivity contribution is 5.79. The molecule has 0 aliphatic heterocycles. The van der Waals surface area contributed by atoms with Gasteiger partial charge in [0.15, 0.2) is 0 Å². The summed E-state index contributed by atoms with van der Waals surface area (Å²) >= 11 is 0. The van der Waals surface area contributed by atoms with Crippen molar-refractivity contribution in [3.63, 3.8) is 0 Å². The van der Waals surface area contributed by atoms with E-state index in [1.165, 1.54) is 6.20 Å². The number of carboxylic acids is 1. The first-order chi connectivity index (χ1) is 5.66. The molecule has 12 heavy (non-hydrogen) atoms. The number of hydrogen-bond donors (Lipinski definition) is 1. The molecule has 4 nitrogen and oxygen atoms in total. The maximum absolute atomic E-state index is 10.1. The SMILES string of the molecule is CCOCCN(C)/C=C/C(=O)O. The van der Waals surface area contributed by atoms with Crippen LogP contribution in [0.3, 0.4) is 0 Å². The topological polar surface area (TPSA) is 49.8 Å². The first kappa shape index (κ1) is 11.0. The molecule has 0 bridgehead atoms. The number of hydrogen-bond acceptors (Lipinski definition) is 3. The molecule has 0 rings (SSSR count). The number of rotatable bonds is 6. The Morgan fingerprint density at radius 1 is 1.67 bits per heavy atom. The lowest BCUT2D eigenvalue weighted by Gasteiger charge is -2.12. The third kappa shape index (κ3) is 7.08. The Kier molecular flexibility index (Phi) is 6.09. The molecule has 4 heteroatoms. The van der Waals surface area contributed by atoms with Crippen molar-refractivity contribution in [2.45, 2.75) is 6.92 Å². The zero-order valence-electron chi connectivity index (χ0n) is 7.49. The Morgan fingerprint density at radius 2 is 2.33 bits per heavy atom. The minimum Gasteiger partial charge on any atom is -0.478 e. The van der Waals surface area contributed by atoms with Gasteiger partial charge < -0.3 is 14.7 Å². The third-order valence-electron chi connectivity index (χ3n) is 1.26. The van der Waals surface area contributed by atoms with Crippen LogP contribution in [0, 0.1) is 0 Å². The van der Waals surface area contributed by atoms with Crippen LogP contribution in [0.15, 0.2) is 12.3 Å². The fraction of sp³-hybridized carbons (Fsp3) is 0.625. The molecule has 0 radical (unpaired) electrons. The first-order valence-electron chi connectivity index (χ1n) is 3.86. The smallest absolute Gasteiger partial charge is 0.329 e. The molecule has 0 spiro atoms. The molecule has 1 N–H and O–H groups in total. The second-order valence-corrected chi connectivity index (χ2v) is 2.33. The summed E-state index contributed by atoms with van der Waals surface area (Å²) in [6.07, 6.45) is 2.62. The van der Waals surface area contributed by atoms with Gasteiger partial charge in [0.2, 0.25) is 0 Å². The Bertz CT molecular complexity index is 156. The zero-order valence-corrected chi connectivity index (χ0v) is 7.49. The monoisotopic (exact) mass is 173 g/mol. The van der Waals surface area contributed by atoms with E-state index in [0.29, 0.717) is 19.8 Å². The second kappa shape index (κ2) is 6.67. The number of likely N-dealkylation sites (N-methyl/N-ethyl adjacent to an activating group) is 1. The van der Waals surface area contributed by atoms with Crippen LogP contribution in [0.5, 0.6) is 0 Å². The van der Waals surface area contributed by atoms with E-state index >= 15 is 0 Å². The van der Waals surface area contributed by atoms with Crippen molar-refractivity contribution < 1.29 is 14.6 Å². The van der Waals surface area contributed by atoms with Gasteiger partial charge >= 0.3 is 5.97 Å². The number of ether oxygens (including phenoxy) is 1. The number of nitrogens with zero attached hydrogens (tertiary/aromatic N) is 1. The van der Waals surface area contributed by atoms with Gasteiger partial charge in [0.1, 0.15) is 0 Å². The molecule has 0 aromatic carbocycles.